The van der Waals surface area contributed by atoms with Crippen molar-refractivity contribution in [1.82, 2.24) is 25.0 Å². The van der Waals surface area contributed by atoms with Gasteiger partial charge in [0, 0.05) is 6.04 Å². The van der Waals surface area contributed by atoms with Gasteiger partial charge in [-0.3, -0.25) is 4.98 Å². The number of hydrogen-bond donors (Lipinski definition) is 1. The van der Waals surface area contributed by atoms with E-state index in [4.69, 9.17) is 0 Å². The number of hydrogen-bond acceptors (Lipinski definition) is 5. The molecule has 6 nitrogen and oxygen atoms in total. The maximum Gasteiger partial charge on any atom is 0.199 e. The van der Waals surface area contributed by atoms with Crippen LogP contribution in [-0.2, 0) is 0 Å². The Balaban J connectivity index is 2.12. The molecular weight excluding hydrogens is 228 g/mol. The average molecular weight is 248 g/mol. The second-order valence-electron chi connectivity index (χ2n) is 4.51. The highest BCUT2D eigenvalue weighted by atomic mass is 15.5. The van der Waals surface area contributed by atoms with Crippen LogP contribution in [0.1, 0.15) is 46.0 Å². The first-order chi connectivity index (χ1) is 8.85. The molecule has 18 heavy (non-hydrogen) atoms. The highest BCUT2D eigenvalue weighted by Gasteiger charge is 2.10. The third-order valence-corrected chi connectivity index (χ3v) is 3.00. The van der Waals surface area contributed by atoms with Crippen LogP contribution in [-0.4, -0.2) is 31.1 Å². The number of anilines is 1. The number of tetrazole rings is 1. The van der Waals surface area contributed by atoms with Crippen molar-refractivity contribution >= 4 is 11.5 Å². The first-order valence-electron chi connectivity index (χ1n) is 6.63. The number of unbranched alkanes of at least 4 members (excludes halogenated alkanes) is 1. The molecule has 2 aromatic heterocycles. The van der Waals surface area contributed by atoms with E-state index in [0.29, 0.717) is 11.7 Å². The number of aromatic nitrogens is 5. The zero-order chi connectivity index (χ0) is 12.8. The van der Waals surface area contributed by atoms with Crippen LogP contribution in [0.15, 0.2) is 12.4 Å². The molecule has 0 bridgehead atoms. The fourth-order valence-corrected chi connectivity index (χ4v) is 2.07. The normalized spacial score (nSPS) is 12.8. The number of fused-ring (bicyclic) bond motifs is 1. The fraction of sp³-hybridized carbons (Fsp3) is 0.667. The maximum absolute atomic E-state index is 4.15. The van der Waals surface area contributed by atoms with E-state index in [0.717, 1.165) is 12.2 Å². The van der Waals surface area contributed by atoms with Gasteiger partial charge in [-0.05, 0) is 23.3 Å². The lowest BCUT2D eigenvalue weighted by Crippen LogP contribution is -2.21. The Hall–Kier alpha value is -1.72. The zero-order valence-electron chi connectivity index (χ0n) is 11.0. The lowest BCUT2D eigenvalue weighted by atomic mass is 10.1. The highest BCUT2D eigenvalue weighted by molar-refractivity contribution is 5.44. The van der Waals surface area contributed by atoms with Crippen LogP contribution in [0.5, 0.6) is 0 Å². The standard InChI is InChI=1S/C12H20N6/c1-3-5-7-10(6-4-2)14-11-8-13-9-12-15-16-17-18(11)12/h8-10,14H,3-7H2,1-2H3. The van der Waals surface area contributed by atoms with Crippen molar-refractivity contribution in [3.8, 4) is 0 Å². The van der Waals surface area contributed by atoms with E-state index in [2.05, 4.69) is 39.7 Å². The predicted octanol–water partition coefficient (Wildman–Crippen LogP) is 2.29. The first kappa shape index (κ1) is 12.7. The minimum atomic E-state index is 0.464. The lowest BCUT2D eigenvalue weighted by Gasteiger charge is -2.18. The Labute approximate surface area is 107 Å². The van der Waals surface area contributed by atoms with Crippen molar-refractivity contribution < 1.29 is 0 Å². The van der Waals surface area contributed by atoms with E-state index in [1.807, 2.05) is 0 Å². The van der Waals surface area contributed by atoms with Crippen LogP contribution in [0, 0.1) is 0 Å². The van der Waals surface area contributed by atoms with E-state index in [-0.39, 0.29) is 0 Å². The van der Waals surface area contributed by atoms with Gasteiger partial charge in [-0.1, -0.05) is 33.1 Å². The summed E-state index contributed by atoms with van der Waals surface area (Å²) in [6.07, 6.45) is 9.37. The number of rotatable bonds is 7. The zero-order valence-corrected chi connectivity index (χ0v) is 11.0. The van der Waals surface area contributed by atoms with Crippen molar-refractivity contribution in [3.63, 3.8) is 0 Å². The average Bonchev–Trinajstić information content (AvgIpc) is 2.85. The highest BCUT2D eigenvalue weighted by Crippen LogP contribution is 2.14. The van der Waals surface area contributed by atoms with Gasteiger partial charge in [-0.2, -0.15) is 4.52 Å². The van der Waals surface area contributed by atoms with Crippen LogP contribution < -0.4 is 5.32 Å². The van der Waals surface area contributed by atoms with Gasteiger partial charge >= 0.3 is 0 Å². The summed E-state index contributed by atoms with van der Waals surface area (Å²) in [6.45, 7) is 4.42. The van der Waals surface area contributed by atoms with Crippen molar-refractivity contribution in [3.05, 3.63) is 12.4 Å². The summed E-state index contributed by atoms with van der Waals surface area (Å²) in [5.41, 5.74) is 0.672. The van der Waals surface area contributed by atoms with Crippen molar-refractivity contribution in [2.45, 2.75) is 52.0 Å². The van der Waals surface area contributed by atoms with Crippen LogP contribution in [0.4, 0.5) is 5.82 Å². The van der Waals surface area contributed by atoms with Crippen LogP contribution in [0.3, 0.4) is 0 Å². The molecule has 0 aliphatic carbocycles. The molecule has 0 saturated heterocycles. The van der Waals surface area contributed by atoms with E-state index in [1.165, 1.54) is 25.7 Å². The van der Waals surface area contributed by atoms with Gasteiger partial charge in [0.1, 0.15) is 0 Å². The second-order valence-corrected chi connectivity index (χ2v) is 4.51. The number of nitrogens with zero attached hydrogens (tertiary/aromatic N) is 5. The molecule has 1 atom stereocenters. The molecule has 0 amide bonds. The molecule has 0 fully saturated rings. The van der Waals surface area contributed by atoms with Crippen LogP contribution >= 0.6 is 0 Å². The summed E-state index contributed by atoms with van der Waals surface area (Å²) >= 11 is 0. The third-order valence-electron chi connectivity index (χ3n) is 3.00. The summed E-state index contributed by atoms with van der Waals surface area (Å²) in [5.74, 6) is 0.868. The summed E-state index contributed by atoms with van der Waals surface area (Å²) in [4.78, 5) is 4.15. The summed E-state index contributed by atoms with van der Waals surface area (Å²) in [7, 11) is 0. The molecule has 0 radical (unpaired) electrons. The van der Waals surface area contributed by atoms with Crippen molar-refractivity contribution in [2.24, 2.45) is 0 Å². The van der Waals surface area contributed by atoms with E-state index < -0.39 is 0 Å². The molecule has 1 N–H and O–H groups in total. The third kappa shape index (κ3) is 2.94. The topological polar surface area (TPSA) is 68.0 Å². The van der Waals surface area contributed by atoms with Gasteiger partial charge in [0.25, 0.3) is 0 Å². The Morgan fingerprint density at radius 3 is 2.89 bits per heavy atom. The predicted molar refractivity (Wildman–Crippen MR) is 70.4 cm³/mol. The molecule has 98 valence electrons. The van der Waals surface area contributed by atoms with Gasteiger partial charge in [0.05, 0.1) is 12.4 Å². The largest absolute Gasteiger partial charge is 0.366 e. The Bertz CT molecular complexity index is 480. The molecule has 2 heterocycles. The minimum absolute atomic E-state index is 0.464. The van der Waals surface area contributed by atoms with Crippen molar-refractivity contribution in [2.75, 3.05) is 5.32 Å². The van der Waals surface area contributed by atoms with Gasteiger partial charge in [-0.15, -0.1) is 5.10 Å². The Morgan fingerprint density at radius 2 is 2.11 bits per heavy atom. The second kappa shape index (κ2) is 6.28. The number of nitrogens with one attached hydrogen (secondary N) is 1. The molecule has 2 rings (SSSR count). The van der Waals surface area contributed by atoms with E-state index >= 15 is 0 Å². The van der Waals surface area contributed by atoms with Crippen LogP contribution in [0.2, 0.25) is 0 Å². The van der Waals surface area contributed by atoms with E-state index in [9.17, 15) is 0 Å². The van der Waals surface area contributed by atoms with Crippen molar-refractivity contribution in [1.29, 1.82) is 0 Å². The molecule has 0 spiro atoms. The Morgan fingerprint density at radius 1 is 1.22 bits per heavy atom. The summed E-state index contributed by atoms with van der Waals surface area (Å²) in [6, 6.07) is 0.464. The molecule has 6 heteroatoms. The minimum Gasteiger partial charge on any atom is -0.366 e. The molecule has 0 aromatic carbocycles. The van der Waals surface area contributed by atoms with Gasteiger partial charge in [0.15, 0.2) is 11.5 Å². The van der Waals surface area contributed by atoms with Gasteiger partial charge in [0.2, 0.25) is 0 Å². The lowest BCUT2D eigenvalue weighted by molar-refractivity contribution is 0.560. The molecule has 0 saturated carbocycles. The monoisotopic (exact) mass is 248 g/mol. The van der Waals surface area contributed by atoms with Crippen LogP contribution in [0.25, 0.3) is 5.65 Å². The molecular formula is C12H20N6. The quantitative estimate of drug-likeness (QED) is 0.814. The SMILES string of the molecule is CCCCC(CCC)Nc1cncc2nnnn12. The van der Waals surface area contributed by atoms with Gasteiger partial charge < -0.3 is 5.32 Å². The molecule has 1 unspecified atom stereocenters. The Kier molecular flexibility index (Phi) is 4.44. The first-order valence-corrected chi connectivity index (χ1v) is 6.63. The smallest absolute Gasteiger partial charge is 0.199 e. The molecule has 2 aromatic rings. The maximum atomic E-state index is 4.15. The van der Waals surface area contributed by atoms with Gasteiger partial charge in [-0.25, -0.2) is 0 Å². The van der Waals surface area contributed by atoms with E-state index in [1.54, 1.807) is 16.9 Å². The molecule has 0 aliphatic rings. The molecule has 0 aliphatic heterocycles. The summed E-state index contributed by atoms with van der Waals surface area (Å²) in [5, 5.41) is 15.0. The summed E-state index contributed by atoms with van der Waals surface area (Å²) < 4.78 is 1.70. The fourth-order valence-electron chi connectivity index (χ4n) is 2.07.